The van der Waals surface area contributed by atoms with Crippen LogP contribution in [0.5, 0.6) is 0 Å². The normalized spacial score (nSPS) is 11.6. The fraction of sp³-hybridized carbons (Fsp3) is 0.444. The van der Waals surface area contributed by atoms with Gasteiger partial charge in [0.1, 0.15) is 0 Å². The zero-order chi connectivity index (χ0) is 16.5. The second kappa shape index (κ2) is 6.37. The van der Waals surface area contributed by atoms with E-state index < -0.39 is 0 Å². The van der Waals surface area contributed by atoms with Crippen molar-refractivity contribution in [3.05, 3.63) is 45.7 Å². The van der Waals surface area contributed by atoms with Crippen molar-refractivity contribution in [2.24, 2.45) is 0 Å². The summed E-state index contributed by atoms with van der Waals surface area (Å²) in [5, 5.41) is 0. The van der Waals surface area contributed by atoms with Crippen molar-refractivity contribution in [3.8, 4) is 0 Å². The van der Waals surface area contributed by atoms with Crippen LogP contribution in [0.15, 0.2) is 28.7 Å². The van der Waals surface area contributed by atoms with Gasteiger partial charge in [0.2, 0.25) is 5.95 Å². The third-order valence-electron chi connectivity index (χ3n) is 3.63. The minimum absolute atomic E-state index is 0.133. The van der Waals surface area contributed by atoms with Gasteiger partial charge in [-0.3, -0.25) is 0 Å². The molecule has 0 fully saturated rings. The summed E-state index contributed by atoms with van der Waals surface area (Å²) in [4.78, 5) is 11.3. The van der Waals surface area contributed by atoms with Crippen LogP contribution in [0.4, 0.5) is 11.6 Å². The highest BCUT2D eigenvalue weighted by Gasteiger charge is 2.18. The Labute approximate surface area is 141 Å². The third kappa shape index (κ3) is 3.67. The van der Waals surface area contributed by atoms with Gasteiger partial charge in [0.25, 0.3) is 0 Å². The van der Waals surface area contributed by atoms with Crippen LogP contribution in [0.25, 0.3) is 0 Å². The molecule has 0 radical (unpaired) electrons. The van der Waals surface area contributed by atoms with Crippen molar-refractivity contribution in [3.63, 3.8) is 0 Å². The molecule has 1 aromatic carbocycles. The van der Waals surface area contributed by atoms with Crippen molar-refractivity contribution in [2.45, 2.75) is 47.0 Å². The number of aromatic nitrogens is 2. The summed E-state index contributed by atoms with van der Waals surface area (Å²) >= 11 is 3.72. The smallest absolute Gasteiger partial charge is 0.230 e. The molecule has 4 heteroatoms. The molecule has 0 N–H and O–H groups in total. The maximum atomic E-state index is 4.59. The molecule has 2 aromatic rings. The van der Waals surface area contributed by atoms with Gasteiger partial charge in [-0.1, -0.05) is 26.8 Å². The molecule has 0 atom stereocenters. The van der Waals surface area contributed by atoms with Crippen molar-refractivity contribution in [2.75, 3.05) is 11.4 Å². The highest BCUT2D eigenvalue weighted by atomic mass is 79.9. The maximum Gasteiger partial charge on any atom is 0.230 e. The number of hydrogen-bond acceptors (Lipinski definition) is 3. The first kappa shape index (κ1) is 16.9. The molecule has 1 aromatic heterocycles. The molecule has 22 heavy (non-hydrogen) atoms. The van der Waals surface area contributed by atoms with Gasteiger partial charge in [-0.2, -0.15) is 0 Å². The van der Waals surface area contributed by atoms with Crippen LogP contribution in [0.2, 0.25) is 0 Å². The Kier molecular flexibility index (Phi) is 4.90. The number of aryl methyl sites for hydroxylation is 2. The van der Waals surface area contributed by atoms with E-state index >= 15 is 0 Å². The lowest BCUT2D eigenvalue weighted by Crippen LogP contribution is -2.20. The van der Waals surface area contributed by atoms with Gasteiger partial charge >= 0.3 is 0 Å². The fourth-order valence-corrected chi connectivity index (χ4v) is 3.03. The molecule has 0 aliphatic heterocycles. The Bertz CT molecular complexity index is 654. The molecule has 2 rings (SSSR count). The minimum Gasteiger partial charge on any atom is -0.310 e. The predicted octanol–water partition coefficient (Wildman–Crippen LogP) is 5.31. The molecule has 0 aliphatic carbocycles. The SMILES string of the molecule is CCN(c1nc(C)cc(C)n1)c1ccc(C(C)(C)C)cc1Br. The third-order valence-corrected chi connectivity index (χ3v) is 4.27. The van der Waals surface area contributed by atoms with Crippen LogP contribution in [0.3, 0.4) is 0 Å². The quantitative estimate of drug-likeness (QED) is 0.741. The Morgan fingerprint density at radius 3 is 2.09 bits per heavy atom. The van der Waals surface area contributed by atoms with Gasteiger partial charge in [-0.25, -0.2) is 9.97 Å². The van der Waals surface area contributed by atoms with Gasteiger partial charge < -0.3 is 4.90 Å². The number of anilines is 2. The van der Waals surface area contributed by atoms with Gasteiger partial charge in [-0.05, 0) is 65.9 Å². The molecule has 0 aliphatic rings. The lowest BCUT2D eigenvalue weighted by molar-refractivity contribution is 0.590. The summed E-state index contributed by atoms with van der Waals surface area (Å²) in [6, 6.07) is 8.52. The summed E-state index contributed by atoms with van der Waals surface area (Å²) in [6.45, 7) is 13.6. The van der Waals surface area contributed by atoms with E-state index in [0.29, 0.717) is 0 Å². The zero-order valence-corrected chi connectivity index (χ0v) is 15.8. The summed E-state index contributed by atoms with van der Waals surface area (Å²) in [7, 11) is 0. The summed E-state index contributed by atoms with van der Waals surface area (Å²) in [5.74, 6) is 0.754. The second-order valence-corrected chi connectivity index (χ2v) is 7.47. The van der Waals surface area contributed by atoms with E-state index in [0.717, 1.165) is 34.0 Å². The molecule has 1 heterocycles. The van der Waals surface area contributed by atoms with E-state index in [-0.39, 0.29) is 5.41 Å². The Hall–Kier alpha value is -1.42. The maximum absolute atomic E-state index is 4.59. The fourth-order valence-electron chi connectivity index (χ4n) is 2.44. The van der Waals surface area contributed by atoms with E-state index in [1.165, 1.54) is 5.56 Å². The zero-order valence-electron chi connectivity index (χ0n) is 14.2. The lowest BCUT2D eigenvalue weighted by Gasteiger charge is -2.25. The van der Waals surface area contributed by atoms with Gasteiger partial charge in [0.05, 0.1) is 5.69 Å². The summed E-state index contributed by atoms with van der Waals surface area (Å²) in [5.41, 5.74) is 4.52. The molecule has 0 bridgehead atoms. The Morgan fingerprint density at radius 2 is 1.64 bits per heavy atom. The molecule has 0 spiro atoms. The summed E-state index contributed by atoms with van der Waals surface area (Å²) in [6.07, 6.45) is 0. The van der Waals surface area contributed by atoms with Crippen molar-refractivity contribution >= 4 is 27.6 Å². The standard InChI is InChI=1S/C18H24BrN3/c1-7-22(17-20-12(2)10-13(3)21-17)16-9-8-14(11-15(16)19)18(4,5)6/h8-11H,7H2,1-6H3. The number of halogens is 1. The molecular weight excluding hydrogens is 338 g/mol. The van der Waals surface area contributed by atoms with E-state index in [1.807, 2.05) is 19.9 Å². The molecule has 0 amide bonds. The minimum atomic E-state index is 0.133. The first-order valence-electron chi connectivity index (χ1n) is 7.62. The Morgan fingerprint density at radius 1 is 1.05 bits per heavy atom. The largest absolute Gasteiger partial charge is 0.310 e. The van der Waals surface area contributed by atoms with Gasteiger partial charge in [-0.15, -0.1) is 0 Å². The van der Waals surface area contributed by atoms with Crippen LogP contribution in [-0.2, 0) is 5.41 Å². The molecule has 0 saturated carbocycles. The lowest BCUT2D eigenvalue weighted by atomic mass is 9.87. The van der Waals surface area contributed by atoms with Crippen LogP contribution < -0.4 is 4.90 Å². The predicted molar refractivity (Wildman–Crippen MR) is 97.0 cm³/mol. The van der Waals surface area contributed by atoms with Crippen LogP contribution in [0, 0.1) is 13.8 Å². The van der Waals surface area contributed by atoms with Crippen molar-refractivity contribution in [1.82, 2.24) is 9.97 Å². The summed E-state index contributed by atoms with van der Waals surface area (Å²) < 4.78 is 1.07. The Balaban J connectivity index is 2.48. The van der Waals surface area contributed by atoms with Crippen LogP contribution in [-0.4, -0.2) is 16.5 Å². The van der Waals surface area contributed by atoms with E-state index in [9.17, 15) is 0 Å². The molecule has 3 nitrogen and oxygen atoms in total. The van der Waals surface area contributed by atoms with Crippen LogP contribution in [0.1, 0.15) is 44.6 Å². The van der Waals surface area contributed by atoms with E-state index in [2.05, 4.69) is 76.7 Å². The number of nitrogens with zero attached hydrogens (tertiary/aromatic N) is 3. The highest BCUT2D eigenvalue weighted by Crippen LogP contribution is 2.34. The average molecular weight is 362 g/mol. The number of hydrogen-bond donors (Lipinski definition) is 0. The monoisotopic (exact) mass is 361 g/mol. The first-order chi connectivity index (χ1) is 10.2. The van der Waals surface area contributed by atoms with Crippen molar-refractivity contribution in [1.29, 1.82) is 0 Å². The van der Waals surface area contributed by atoms with Crippen molar-refractivity contribution < 1.29 is 0 Å². The molecular formula is C18H24BrN3. The second-order valence-electron chi connectivity index (χ2n) is 6.61. The van der Waals surface area contributed by atoms with Gasteiger partial charge in [0.15, 0.2) is 0 Å². The topological polar surface area (TPSA) is 29.0 Å². The molecule has 118 valence electrons. The molecule has 0 saturated heterocycles. The van der Waals surface area contributed by atoms with Crippen LogP contribution >= 0.6 is 15.9 Å². The van der Waals surface area contributed by atoms with E-state index in [1.54, 1.807) is 0 Å². The first-order valence-corrected chi connectivity index (χ1v) is 8.41. The number of benzene rings is 1. The number of rotatable bonds is 3. The molecule has 0 unspecified atom stereocenters. The van der Waals surface area contributed by atoms with E-state index in [4.69, 9.17) is 0 Å². The average Bonchev–Trinajstić information content (AvgIpc) is 2.39. The van der Waals surface area contributed by atoms with Gasteiger partial charge in [0, 0.05) is 22.4 Å². The highest BCUT2D eigenvalue weighted by molar-refractivity contribution is 9.10.